The normalized spacial score (nSPS) is 12.6. The molecule has 0 saturated heterocycles. The van der Waals surface area contributed by atoms with Crippen molar-refractivity contribution in [2.75, 3.05) is 13.2 Å². The number of hydrogen-bond acceptors (Lipinski definition) is 6. The molecule has 0 aromatic heterocycles. The summed E-state index contributed by atoms with van der Waals surface area (Å²) in [7, 11) is 0. The standard InChI is InChI=1S/C62H108O6/c1-4-7-10-13-16-19-22-25-28-30-32-34-37-40-43-46-49-52-55-61(64)67-58-59(57-66-60(63)54-51-48-45-42-39-36-33-27-24-21-18-15-12-9-6-3)68-62(65)56-53-50-47-44-41-38-35-31-29-26-23-20-17-14-11-8-5-2/h9,12,15,17-18,20-21,24,26,29,32,34,59H,4-8,10-11,13-14,16,19,22-23,25,27-28,30-31,33,35-58H2,1-3H3/b12-9-,18-15-,20-17-,24-21-,29-26-,34-32-. The van der Waals surface area contributed by atoms with Gasteiger partial charge in [0.2, 0.25) is 0 Å². The maximum absolute atomic E-state index is 12.9. The third-order valence-electron chi connectivity index (χ3n) is 12.5. The molecule has 0 amide bonds. The highest BCUT2D eigenvalue weighted by Gasteiger charge is 2.19. The first-order valence-electron chi connectivity index (χ1n) is 29.0. The molecule has 0 saturated carbocycles. The Kier molecular flexibility index (Phi) is 53.8. The molecule has 0 heterocycles. The molecule has 6 heteroatoms. The van der Waals surface area contributed by atoms with Gasteiger partial charge < -0.3 is 14.2 Å². The Morgan fingerprint density at radius 1 is 0.324 bits per heavy atom. The monoisotopic (exact) mass is 949 g/mol. The fraction of sp³-hybridized carbons (Fsp3) is 0.758. The first-order valence-corrected chi connectivity index (χ1v) is 29.0. The molecular weight excluding hydrogens is 841 g/mol. The van der Waals surface area contributed by atoms with Gasteiger partial charge in [-0.05, 0) is 96.3 Å². The smallest absolute Gasteiger partial charge is 0.306 e. The molecule has 6 nitrogen and oxygen atoms in total. The lowest BCUT2D eigenvalue weighted by molar-refractivity contribution is -0.167. The van der Waals surface area contributed by atoms with Crippen molar-refractivity contribution in [2.24, 2.45) is 0 Å². The van der Waals surface area contributed by atoms with Crippen molar-refractivity contribution in [3.8, 4) is 0 Å². The average Bonchev–Trinajstić information content (AvgIpc) is 3.34. The molecule has 0 spiro atoms. The van der Waals surface area contributed by atoms with E-state index in [2.05, 4.69) is 93.7 Å². The van der Waals surface area contributed by atoms with E-state index in [1.165, 1.54) is 154 Å². The van der Waals surface area contributed by atoms with Crippen LogP contribution in [0.2, 0.25) is 0 Å². The minimum absolute atomic E-state index is 0.0863. The van der Waals surface area contributed by atoms with Gasteiger partial charge in [0, 0.05) is 19.3 Å². The summed E-state index contributed by atoms with van der Waals surface area (Å²) in [5.74, 6) is -0.906. The molecule has 68 heavy (non-hydrogen) atoms. The van der Waals surface area contributed by atoms with E-state index in [9.17, 15) is 14.4 Å². The Morgan fingerprint density at radius 3 is 1.04 bits per heavy atom. The molecule has 0 radical (unpaired) electrons. The van der Waals surface area contributed by atoms with Gasteiger partial charge in [-0.1, -0.05) is 241 Å². The minimum Gasteiger partial charge on any atom is -0.462 e. The zero-order chi connectivity index (χ0) is 49.3. The fourth-order valence-electron chi connectivity index (χ4n) is 8.11. The van der Waals surface area contributed by atoms with Crippen molar-refractivity contribution in [1.82, 2.24) is 0 Å². The van der Waals surface area contributed by atoms with Gasteiger partial charge in [0.1, 0.15) is 13.2 Å². The lowest BCUT2D eigenvalue weighted by Crippen LogP contribution is -2.30. The molecule has 1 atom stereocenters. The number of carbonyl (C=O) groups is 3. The SMILES string of the molecule is CC\C=C/C=C\C=C/CCCCCCCCCC(=O)OCC(COC(=O)CCCCCCC/C=C\CCCCCCCCCCC)OC(=O)CCCCCCCCC/C=C\C/C=C\CCCCC. The van der Waals surface area contributed by atoms with Gasteiger partial charge in [0.15, 0.2) is 6.10 Å². The number of hydrogen-bond donors (Lipinski definition) is 0. The summed E-state index contributed by atoms with van der Waals surface area (Å²) in [4.78, 5) is 38.2. The Labute approximate surface area is 421 Å². The molecule has 392 valence electrons. The summed E-state index contributed by atoms with van der Waals surface area (Å²) in [6, 6.07) is 0. The summed E-state index contributed by atoms with van der Waals surface area (Å²) < 4.78 is 16.9. The van der Waals surface area contributed by atoms with E-state index in [4.69, 9.17) is 14.2 Å². The summed E-state index contributed by atoms with van der Waals surface area (Å²) in [6.45, 7) is 6.48. The summed E-state index contributed by atoms with van der Waals surface area (Å²) >= 11 is 0. The first kappa shape index (κ1) is 64.8. The van der Waals surface area contributed by atoms with Crippen LogP contribution in [0.1, 0.15) is 284 Å². The van der Waals surface area contributed by atoms with Gasteiger partial charge in [0.05, 0.1) is 0 Å². The molecule has 0 aliphatic rings. The number of esters is 3. The van der Waals surface area contributed by atoms with E-state index in [0.29, 0.717) is 19.3 Å². The predicted molar refractivity (Wildman–Crippen MR) is 293 cm³/mol. The van der Waals surface area contributed by atoms with E-state index < -0.39 is 6.10 Å². The molecule has 0 aliphatic carbocycles. The van der Waals surface area contributed by atoms with Crippen molar-refractivity contribution in [3.63, 3.8) is 0 Å². The molecular formula is C62H108O6. The minimum atomic E-state index is -0.789. The molecule has 0 aromatic rings. The van der Waals surface area contributed by atoms with Crippen LogP contribution in [0, 0.1) is 0 Å². The number of ether oxygens (including phenoxy) is 3. The highest BCUT2D eigenvalue weighted by Crippen LogP contribution is 2.15. The second-order valence-electron chi connectivity index (χ2n) is 19.2. The Morgan fingerprint density at radius 2 is 0.632 bits per heavy atom. The van der Waals surface area contributed by atoms with Gasteiger partial charge >= 0.3 is 17.9 Å². The fourth-order valence-corrected chi connectivity index (χ4v) is 8.11. The number of unbranched alkanes of at least 4 members (excludes halogenated alkanes) is 31. The van der Waals surface area contributed by atoms with Crippen LogP contribution in [0.15, 0.2) is 72.9 Å². The third kappa shape index (κ3) is 53.8. The lowest BCUT2D eigenvalue weighted by atomic mass is 10.1. The van der Waals surface area contributed by atoms with E-state index in [1.807, 2.05) is 0 Å². The van der Waals surface area contributed by atoms with Crippen molar-refractivity contribution in [1.29, 1.82) is 0 Å². The zero-order valence-corrected chi connectivity index (χ0v) is 44.9. The van der Waals surface area contributed by atoms with Gasteiger partial charge in [0.25, 0.3) is 0 Å². The molecule has 0 rings (SSSR count). The number of rotatable bonds is 52. The molecule has 0 aliphatic heterocycles. The first-order chi connectivity index (χ1) is 33.5. The van der Waals surface area contributed by atoms with Crippen molar-refractivity contribution >= 4 is 17.9 Å². The van der Waals surface area contributed by atoms with Crippen LogP contribution in [-0.4, -0.2) is 37.2 Å². The molecule has 1 unspecified atom stereocenters. The van der Waals surface area contributed by atoms with Crippen LogP contribution in [-0.2, 0) is 28.6 Å². The van der Waals surface area contributed by atoms with E-state index >= 15 is 0 Å². The zero-order valence-electron chi connectivity index (χ0n) is 44.9. The number of allylic oxidation sites excluding steroid dienone is 12. The Hall–Kier alpha value is -3.15. The Balaban J connectivity index is 4.41. The second kappa shape index (κ2) is 56.4. The van der Waals surface area contributed by atoms with E-state index in [-0.39, 0.29) is 31.1 Å². The molecule has 0 fully saturated rings. The maximum Gasteiger partial charge on any atom is 0.306 e. The maximum atomic E-state index is 12.9. The highest BCUT2D eigenvalue weighted by molar-refractivity contribution is 5.71. The summed E-state index contributed by atoms with van der Waals surface area (Å²) in [6.07, 6.45) is 71.7. The van der Waals surface area contributed by atoms with Crippen LogP contribution in [0.4, 0.5) is 0 Å². The number of carbonyl (C=O) groups excluding carboxylic acids is 3. The molecule has 0 N–H and O–H groups in total. The highest BCUT2D eigenvalue weighted by atomic mass is 16.6. The van der Waals surface area contributed by atoms with Crippen molar-refractivity contribution < 1.29 is 28.6 Å². The molecule has 0 aromatic carbocycles. The van der Waals surface area contributed by atoms with Gasteiger partial charge in [-0.25, -0.2) is 0 Å². The Bertz CT molecular complexity index is 1270. The van der Waals surface area contributed by atoms with Crippen molar-refractivity contribution in [3.05, 3.63) is 72.9 Å². The largest absolute Gasteiger partial charge is 0.462 e. The van der Waals surface area contributed by atoms with E-state index in [1.54, 1.807) is 0 Å². The summed E-state index contributed by atoms with van der Waals surface area (Å²) in [5.41, 5.74) is 0. The van der Waals surface area contributed by atoms with E-state index in [0.717, 1.165) is 89.9 Å². The van der Waals surface area contributed by atoms with Gasteiger partial charge in [-0.2, -0.15) is 0 Å². The second-order valence-corrected chi connectivity index (χ2v) is 19.2. The topological polar surface area (TPSA) is 78.9 Å². The van der Waals surface area contributed by atoms with Gasteiger partial charge in [-0.15, -0.1) is 0 Å². The molecule has 0 bridgehead atoms. The van der Waals surface area contributed by atoms with Crippen molar-refractivity contribution in [2.45, 2.75) is 290 Å². The van der Waals surface area contributed by atoms with Crippen LogP contribution in [0.3, 0.4) is 0 Å². The quantitative estimate of drug-likeness (QED) is 0.0199. The third-order valence-corrected chi connectivity index (χ3v) is 12.5. The van der Waals surface area contributed by atoms with Gasteiger partial charge in [-0.3, -0.25) is 14.4 Å². The van der Waals surface area contributed by atoms with Crippen LogP contribution in [0.5, 0.6) is 0 Å². The lowest BCUT2D eigenvalue weighted by Gasteiger charge is -2.18. The predicted octanol–water partition coefficient (Wildman–Crippen LogP) is 19.4. The van der Waals surface area contributed by atoms with Crippen LogP contribution < -0.4 is 0 Å². The summed E-state index contributed by atoms with van der Waals surface area (Å²) in [5, 5.41) is 0. The average molecular weight is 950 g/mol. The van der Waals surface area contributed by atoms with Crippen LogP contribution >= 0.6 is 0 Å². The van der Waals surface area contributed by atoms with Crippen LogP contribution in [0.25, 0.3) is 0 Å².